The molecule has 0 aromatic rings. The highest BCUT2D eigenvalue weighted by Crippen LogP contribution is 2.52. The van der Waals surface area contributed by atoms with Gasteiger partial charge in [-0.05, 0) is 31.1 Å². The second-order valence-electron chi connectivity index (χ2n) is 6.61. The normalized spacial score (nSPS) is 25.3. The topological polar surface area (TPSA) is 66.6 Å². The largest absolute Gasteiger partial charge is 0.471 e. The first-order chi connectivity index (χ1) is 9.70. The number of likely N-dealkylation sites (tertiary alicyclic amines) is 1. The van der Waals surface area contributed by atoms with Crippen molar-refractivity contribution < 1.29 is 22.8 Å². The molecule has 0 aromatic carbocycles. The van der Waals surface area contributed by atoms with E-state index in [1.54, 1.807) is 0 Å². The summed E-state index contributed by atoms with van der Waals surface area (Å²) in [5.41, 5.74) is 5.09. The highest BCUT2D eigenvalue weighted by molar-refractivity contribution is 5.83. The number of hydrogen-bond acceptors (Lipinski definition) is 3. The van der Waals surface area contributed by atoms with E-state index in [9.17, 15) is 22.8 Å². The van der Waals surface area contributed by atoms with Gasteiger partial charge in [0.1, 0.15) is 0 Å². The Morgan fingerprint density at radius 2 is 1.76 bits per heavy atom. The fraction of sp³-hybridized carbons (Fsp3) is 0.846. The predicted molar refractivity (Wildman–Crippen MR) is 67.0 cm³/mol. The molecule has 2 aliphatic carbocycles. The van der Waals surface area contributed by atoms with E-state index in [1.807, 2.05) is 4.90 Å². The van der Waals surface area contributed by atoms with Gasteiger partial charge in [0.15, 0.2) is 0 Å². The molecule has 0 aromatic heterocycles. The Bertz CT molecular complexity index is 462. The standard InChI is InChI=1S/C13H18F3N3O2/c14-13(15,16)11(21)19(8-1-2-8)9-3-12(4-9)6-18(7-12)5-10(17)20/h8-9H,1-7H2,(H2,17,20). The van der Waals surface area contributed by atoms with Gasteiger partial charge in [0.05, 0.1) is 6.54 Å². The fourth-order valence-corrected chi connectivity index (χ4v) is 3.76. The molecule has 118 valence electrons. The first kappa shape index (κ1) is 14.6. The zero-order valence-corrected chi connectivity index (χ0v) is 11.5. The molecule has 2 amide bonds. The summed E-state index contributed by atoms with van der Waals surface area (Å²) in [4.78, 5) is 25.3. The summed E-state index contributed by atoms with van der Waals surface area (Å²) in [6, 6.07) is -0.536. The van der Waals surface area contributed by atoms with Crippen LogP contribution in [0, 0.1) is 5.41 Å². The molecule has 2 saturated carbocycles. The van der Waals surface area contributed by atoms with Crippen molar-refractivity contribution in [1.29, 1.82) is 0 Å². The minimum Gasteiger partial charge on any atom is -0.369 e. The number of carbonyl (C=O) groups excluding carboxylic acids is 2. The summed E-state index contributed by atoms with van der Waals surface area (Å²) < 4.78 is 38.0. The Kier molecular flexibility index (Phi) is 3.20. The van der Waals surface area contributed by atoms with Crippen molar-refractivity contribution in [2.75, 3.05) is 19.6 Å². The third-order valence-corrected chi connectivity index (χ3v) is 4.65. The molecule has 0 bridgehead atoms. The van der Waals surface area contributed by atoms with Crippen LogP contribution in [-0.4, -0.2) is 59.5 Å². The Balaban J connectivity index is 1.55. The van der Waals surface area contributed by atoms with Crippen molar-refractivity contribution in [2.24, 2.45) is 11.1 Å². The van der Waals surface area contributed by atoms with E-state index in [0.717, 1.165) is 4.90 Å². The van der Waals surface area contributed by atoms with E-state index < -0.39 is 18.0 Å². The number of amides is 2. The van der Waals surface area contributed by atoms with Crippen LogP contribution in [0.5, 0.6) is 0 Å². The van der Waals surface area contributed by atoms with Crippen molar-refractivity contribution in [3.8, 4) is 0 Å². The fourth-order valence-electron chi connectivity index (χ4n) is 3.76. The molecule has 3 rings (SSSR count). The monoisotopic (exact) mass is 305 g/mol. The lowest BCUT2D eigenvalue weighted by atomic mass is 9.60. The maximum atomic E-state index is 12.7. The summed E-state index contributed by atoms with van der Waals surface area (Å²) in [5.74, 6) is -2.09. The van der Waals surface area contributed by atoms with Crippen LogP contribution in [0.1, 0.15) is 25.7 Å². The quantitative estimate of drug-likeness (QED) is 0.822. The van der Waals surface area contributed by atoms with Crippen molar-refractivity contribution >= 4 is 11.8 Å². The molecule has 21 heavy (non-hydrogen) atoms. The van der Waals surface area contributed by atoms with Crippen LogP contribution < -0.4 is 5.73 Å². The molecule has 2 N–H and O–H groups in total. The van der Waals surface area contributed by atoms with E-state index in [-0.39, 0.29) is 24.0 Å². The summed E-state index contributed by atoms with van der Waals surface area (Å²) >= 11 is 0. The molecule has 3 fully saturated rings. The average molecular weight is 305 g/mol. The second kappa shape index (κ2) is 4.59. The zero-order valence-electron chi connectivity index (χ0n) is 11.5. The van der Waals surface area contributed by atoms with Crippen molar-refractivity contribution in [1.82, 2.24) is 9.80 Å². The average Bonchev–Trinajstić information content (AvgIpc) is 3.04. The van der Waals surface area contributed by atoms with Crippen LogP contribution in [0.25, 0.3) is 0 Å². The van der Waals surface area contributed by atoms with Gasteiger partial charge >= 0.3 is 12.1 Å². The summed E-state index contributed by atoms with van der Waals surface area (Å²) in [5, 5.41) is 0. The Morgan fingerprint density at radius 1 is 1.19 bits per heavy atom. The maximum absolute atomic E-state index is 12.7. The molecule has 1 spiro atoms. The number of carbonyl (C=O) groups is 2. The van der Waals surface area contributed by atoms with Crippen LogP contribution in [0.3, 0.4) is 0 Å². The molecule has 8 heteroatoms. The Morgan fingerprint density at radius 3 is 2.19 bits per heavy atom. The molecular formula is C13H18F3N3O2. The van der Waals surface area contributed by atoms with E-state index in [4.69, 9.17) is 5.73 Å². The van der Waals surface area contributed by atoms with E-state index in [2.05, 4.69) is 0 Å². The minimum atomic E-state index is -4.79. The first-order valence-corrected chi connectivity index (χ1v) is 7.10. The molecule has 1 aliphatic heterocycles. The van der Waals surface area contributed by atoms with Gasteiger partial charge in [-0.1, -0.05) is 0 Å². The van der Waals surface area contributed by atoms with Gasteiger partial charge < -0.3 is 10.6 Å². The summed E-state index contributed by atoms with van der Waals surface area (Å²) in [6.45, 7) is 1.57. The third-order valence-electron chi connectivity index (χ3n) is 4.65. The lowest BCUT2D eigenvalue weighted by Crippen LogP contribution is -2.68. The molecule has 0 unspecified atom stereocenters. The smallest absolute Gasteiger partial charge is 0.369 e. The number of rotatable bonds is 4. The summed E-state index contributed by atoms with van der Waals surface area (Å²) in [7, 11) is 0. The molecule has 1 saturated heterocycles. The SMILES string of the molecule is NC(=O)CN1CC2(CC(N(C(=O)C(F)(F)F)C3CC3)C2)C1. The second-order valence-corrected chi connectivity index (χ2v) is 6.61. The van der Waals surface area contributed by atoms with Gasteiger partial charge in [-0.3, -0.25) is 14.5 Å². The molecule has 0 atom stereocenters. The molecule has 3 aliphatic rings. The van der Waals surface area contributed by atoms with E-state index >= 15 is 0 Å². The maximum Gasteiger partial charge on any atom is 0.471 e. The zero-order chi connectivity index (χ0) is 15.4. The highest BCUT2D eigenvalue weighted by atomic mass is 19.4. The number of nitrogens with two attached hydrogens (primary N) is 1. The number of hydrogen-bond donors (Lipinski definition) is 1. The van der Waals surface area contributed by atoms with Crippen molar-refractivity contribution in [3.05, 3.63) is 0 Å². The van der Waals surface area contributed by atoms with Gasteiger partial charge in [-0.15, -0.1) is 0 Å². The summed E-state index contributed by atoms with van der Waals surface area (Å²) in [6.07, 6.45) is -2.26. The highest BCUT2D eigenvalue weighted by Gasteiger charge is 2.58. The lowest BCUT2D eigenvalue weighted by molar-refractivity contribution is -0.197. The Hall–Kier alpha value is -1.31. The van der Waals surface area contributed by atoms with Crippen molar-refractivity contribution in [2.45, 2.75) is 43.9 Å². The molecule has 5 nitrogen and oxygen atoms in total. The van der Waals surface area contributed by atoms with E-state index in [0.29, 0.717) is 38.8 Å². The number of primary amides is 1. The van der Waals surface area contributed by atoms with Crippen LogP contribution in [0.2, 0.25) is 0 Å². The van der Waals surface area contributed by atoms with Crippen LogP contribution in [-0.2, 0) is 9.59 Å². The number of alkyl halides is 3. The van der Waals surface area contributed by atoms with Crippen molar-refractivity contribution in [3.63, 3.8) is 0 Å². The molecule has 0 radical (unpaired) electrons. The van der Waals surface area contributed by atoms with Gasteiger partial charge in [0, 0.05) is 25.2 Å². The number of halogens is 3. The van der Waals surface area contributed by atoms with Crippen LogP contribution >= 0.6 is 0 Å². The lowest BCUT2D eigenvalue weighted by Gasteiger charge is -2.61. The first-order valence-electron chi connectivity index (χ1n) is 7.10. The Labute approximate surface area is 120 Å². The third kappa shape index (κ3) is 2.73. The number of nitrogens with zero attached hydrogens (tertiary/aromatic N) is 2. The van der Waals surface area contributed by atoms with Gasteiger partial charge in [0.25, 0.3) is 0 Å². The molecule has 1 heterocycles. The molecular weight excluding hydrogens is 287 g/mol. The van der Waals surface area contributed by atoms with Gasteiger partial charge in [-0.2, -0.15) is 13.2 Å². The minimum absolute atomic E-state index is 0.0147. The predicted octanol–water partition coefficient (Wildman–Crippen LogP) is 0.489. The van der Waals surface area contributed by atoms with Crippen LogP contribution in [0.15, 0.2) is 0 Å². The van der Waals surface area contributed by atoms with Gasteiger partial charge in [-0.25, -0.2) is 0 Å². The van der Waals surface area contributed by atoms with Gasteiger partial charge in [0.2, 0.25) is 5.91 Å². The van der Waals surface area contributed by atoms with Crippen LogP contribution in [0.4, 0.5) is 13.2 Å². The van der Waals surface area contributed by atoms with E-state index in [1.165, 1.54) is 0 Å².